The molecule has 0 spiro atoms. The number of carbonyl (C=O) groups excluding carboxylic acids is 2. The van der Waals surface area contributed by atoms with E-state index in [-0.39, 0.29) is 17.6 Å². The molecule has 5 rings (SSSR count). The van der Waals surface area contributed by atoms with Crippen LogP contribution in [0, 0.1) is 0 Å². The highest BCUT2D eigenvalue weighted by atomic mass is 16.5. The topological polar surface area (TPSA) is 97.3 Å². The van der Waals surface area contributed by atoms with Gasteiger partial charge in [0.05, 0.1) is 30.2 Å². The molecule has 0 saturated heterocycles. The minimum Gasteiger partial charge on any atom is -0.494 e. The lowest BCUT2D eigenvalue weighted by molar-refractivity contribution is -0.123. The van der Waals surface area contributed by atoms with Crippen molar-refractivity contribution in [2.45, 2.75) is 51.1 Å². The van der Waals surface area contributed by atoms with Gasteiger partial charge in [-0.2, -0.15) is 0 Å². The normalized spacial score (nSPS) is 14.6. The van der Waals surface area contributed by atoms with E-state index < -0.39 is 11.9 Å². The van der Waals surface area contributed by atoms with E-state index in [9.17, 15) is 9.59 Å². The lowest BCUT2D eigenvalue weighted by atomic mass is 9.94. The lowest BCUT2D eigenvalue weighted by Crippen LogP contribution is -2.47. The monoisotopic (exact) mass is 509 g/mol. The number of rotatable bonds is 8. The highest BCUT2D eigenvalue weighted by Gasteiger charge is 2.35. The first-order chi connectivity index (χ1) is 18.6. The third kappa shape index (κ3) is 5.64. The number of nitrogens with zero attached hydrogens (tertiary/aromatic N) is 4. The molecule has 2 aromatic heterocycles. The maximum Gasteiger partial charge on any atom is 0.279 e. The van der Waals surface area contributed by atoms with Crippen LogP contribution in [0.5, 0.6) is 5.75 Å². The second-order valence-electron chi connectivity index (χ2n) is 9.40. The summed E-state index contributed by atoms with van der Waals surface area (Å²) in [6.07, 6.45) is 11.2. The lowest BCUT2D eigenvalue weighted by Gasteiger charge is -2.33. The number of para-hydroxylation sites is 1. The minimum absolute atomic E-state index is 0.0737. The number of benzene rings is 2. The van der Waals surface area contributed by atoms with Crippen LogP contribution in [0.3, 0.4) is 0 Å². The second kappa shape index (κ2) is 11.8. The fourth-order valence-corrected chi connectivity index (χ4v) is 4.97. The molecule has 4 aromatic rings. The molecule has 38 heavy (non-hydrogen) atoms. The molecule has 8 heteroatoms. The van der Waals surface area contributed by atoms with Gasteiger partial charge in [0.1, 0.15) is 17.5 Å². The maximum absolute atomic E-state index is 14.1. The molecule has 1 atom stereocenters. The molecule has 2 amide bonds. The van der Waals surface area contributed by atoms with Crippen molar-refractivity contribution < 1.29 is 14.3 Å². The largest absolute Gasteiger partial charge is 0.494 e. The highest BCUT2D eigenvalue weighted by molar-refractivity contribution is 6.09. The first kappa shape index (κ1) is 25.3. The van der Waals surface area contributed by atoms with Crippen LogP contribution in [0.15, 0.2) is 79.4 Å². The van der Waals surface area contributed by atoms with Crippen LogP contribution in [0.4, 0.5) is 5.69 Å². The number of nitrogens with one attached hydrogen (secondary N) is 1. The fourth-order valence-electron chi connectivity index (χ4n) is 4.97. The average Bonchev–Trinajstić information content (AvgIpc) is 2.97. The summed E-state index contributed by atoms with van der Waals surface area (Å²) < 4.78 is 5.62. The number of carbonyl (C=O) groups is 2. The molecule has 0 unspecified atom stereocenters. The van der Waals surface area contributed by atoms with Gasteiger partial charge in [-0.05, 0) is 49.6 Å². The predicted molar refractivity (Wildman–Crippen MR) is 146 cm³/mol. The standard InChI is InChI=1S/C30H31N5O3/c1-2-38-25-14-12-21(13-15-25)28(29(36)34-23-9-4-3-5-10-23)35(30(37)27-20-31-16-17-32-27)24-18-22-8-6-7-11-26(22)33-19-24/h6-8,11-20,23,28H,2-5,9-10H2,1H3,(H,34,36)/t28-/m1/s1. The molecule has 0 bridgehead atoms. The molecule has 0 radical (unpaired) electrons. The zero-order valence-electron chi connectivity index (χ0n) is 21.4. The Morgan fingerprint density at radius 3 is 2.53 bits per heavy atom. The molecule has 1 aliphatic rings. The van der Waals surface area contributed by atoms with Gasteiger partial charge in [-0.3, -0.25) is 24.5 Å². The highest BCUT2D eigenvalue weighted by Crippen LogP contribution is 2.32. The molecule has 1 aliphatic carbocycles. The number of aromatic nitrogens is 3. The Labute approximate surface area is 222 Å². The molecule has 0 aliphatic heterocycles. The Kier molecular flexibility index (Phi) is 7.87. The van der Waals surface area contributed by atoms with Crippen LogP contribution < -0.4 is 15.0 Å². The Morgan fingerprint density at radius 1 is 1.00 bits per heavy atom. The molecule has 8 nitrogen and oxygen atoms in total. The first-order valence-electron chi connectivity index (χ1n) is 13.1. The van der Waals surface area contributed by atoms with Crippen LogP contribution in [-0.2, 0) is 4.79 Å². The van der Waals surface area contributed by atoms with Crippen molar-refractivity contribution in [2.75, 3.05) is 11.5 Å². The van der Waals surface area contributed by atoms with Crippen molar-refractivity contribution in [2.24, 2.45) is 0 Å². The van der Waals surface area contributed by atoms with Gasteiger partial charge in [0.25, 0.3) is 5.91 Å². The third-order valence-corrected chi connectivity index (χ3v) is 6.82. The Bertz CT molecular complexity index is 1390. The Hall–Kier alpha value is -4.33. The second-order valence-corrected chi connectivity index (χ2v) is 9.40. The first-order valence-corrected chi connectivity index (χ1v) is 13.1. The van der Waals surface area contributed by atoms with Gasteiger partial charge in [-0.25, -0.2) is 4.98 Å². The zero-order valence-corrected chi connectivity index (χ0v) is 21.4. The van der Waals surface area contributed by atoms with Gasteiger partial charge in [-0.1, -0.05) is 49.6 Å². The number of amides is 2. The number of anilines is 1. The van der Waals surface area contributed by atoms with E-state index in [0.717, 1.165) is 36.6 Å². The van der Waals surface area contributed by atoms with E-state index in [1.54, 1.807) is 6.20 Å². The van der Waals surface area contributed by atoms with Crippen LogP contribution in [-0.4, -0.2) is 39.4 Å². The molecule has 1 N–H and O–H groups in total. The van der Waals surface area contributed by atoms with Crippen molar-refractivity contribution in [3.63, 3.8) is 0 Å². The maximum atomic E-state index is 14.1. The molecular weight excluding hydrogens is 478 g/mol. The summed E-state index contributed by atoms with van der Waals surface area (Å²) in [4.78, 5) is 42.5. The van der Waals surface area contributed by atoms with E-state index in [2.05, 4.69) is 20.3 Å². The van der Waals surface area contributed by atoms with E-state index in [1.165, 1.54) is 29.9 Å². The van der Waals surface area contributed by atoms with Crippen molar-refractivity contribution in [1.82, 2.24) is 20.3 Å². The summed E-state index contributed by atoms with van der Waals surface area (Å²) in [7, 11) is 0. The summed E-state index contributed by atoms with van der Waals surface area (Å²) >= 11 is 0. The van der Waals surface area contributed by atoms with Gasteiger partial charge in [0.15, 0.2) is 0 Å². The number of hydrogen-bond acceptors (Lipinski definition) is 6. The smallest absolute Gasteiger partial charge is 0.279 e. The van der Waals surface area contributed by atoms with E-state index in [4.69, 9.17) is 4.74 Å². The third-order valence-electron chi connectivity index (χ3n) is 6.82. The molecular formula is C30H31N5O3. The van der Waals surface area contributed by atoms with Gasteiger partial charge in [-0.15, -0.1) is 0 Å². The SMILES string of the molecule is CCOc1ccc([C@H](C(=O)NC2CCCCC2)N(C(=O)c2cnccn2)c2cnc3ccccc3c2)cc1. The average molecular weight is 510 g/mol. The summed E-state index contributed by atoms with van der Waals surface area (Å²) in [5.74, 6) is 0.0150. The van der Waals surface area contributed by atoms with Gasteiger partial charge >= 0.3 is 0 Å². The van der Waals surface area contributed by atoms with E-state index in [1.807, 2.05) is 61.5 Å². The zero-order chi connectivity index (χ0) is 26.3. The van der Waals surface area contributed by atoms with Gasteiger partial charge in [0.2, 0.25) is 5.91 Å². The Balaban J connectivity index is 1.62. The van der Waals surface area contributed by atoms with Crippen LogP contribution in [0.1, 0.15) is 61.1 Å². The van der Waals surface area contributed by atoms with Crippen LogP contribution >= 0.6 is 0 Å². The molecule has 194 valence electrons. The summed E-state index contributed by atoms with van der Waals surface area (Å²) in [6.45, 7) is 2.45. The minimum atomic E-state index is -0.954. The molecule has 2 heterocycles. The van der Waals surface area contributed by atoms with E-state index in [0.29, 0.717) is 23.6 Å². The summed E-state index contributed by atoms with van der Waals surface area (Å²) in [5.41, 5.74) is 2.10. The van der Waals surface area contributed by atoms with E-state index >= 15 is 0 Å². The molecule has 1 fully saturated rings. The van der Waals surface area contributed by atoms with Crippen molar-refractivity contribution in [3.8, 4) is 5.75 Å². The Morgan fingerprint density at radius 2 is 1.79 bits per heavy atom. The van der Waals surface area contributed by atoms with Gasteiger partial charge < -0.3 is 10.1 Å². The van der Waals surface area contributed by atoms with Gasteiger partial charge in [0, 0.05) is 23.8 Å². The van der Waals surface area contributed by atoms with Crippen molar-refractivity contribution in [3.05, 3.63) is 90.6 Å². The fraction of sp³-hybridized carbons (Fsp3) is 0.300. The predicted octanol–water partition coefficient (Wildman–Crippen LogP) is 5.26. The summed E-state index contributed by atoms with van der Waals surface area (Å²) in [5, 5.41) is 4.09. The van der Waals surface area contributed by atoms with Crippen molar-refractivity contribution >= 4 is 28.4 Å². The molecule has 1 saturated carbocycles. The van der Waals surface area contributed by atoms with Crippen molar-refractivity contribution in [1.29, 1.82) is 0 Å². The number of hydrogen-bond donors (Lipinski definition) is 1. The number of ether oxygens (including phenoxy) is 1. The summed E-state index contributed by atoms with van der Waals surface area (Å²) in [6, 6.07) is 16.0. The number of fused-ring (bicyclic) bond motifs is 1. The number of pyridine rings is 1. The quantitative estimate of drug-likeness (QED) is 0.348. The van der Waals surface area contributed by atoms with Crippen LogP contribution in [0.25, 0.3) is 10.9 Å². The molecule has 2 aromatic carbocycles. The van der Waals surface area contributed by atoms with Crippen LogP contribution in [0.2, 0.25) is 0 Å².